The topological polar surface area (TPSA) is 84.1 Å². The van der Waals surface area contributed by atoms with Gasteiger partial charge in [-0.2, -0.15) is 0 Å². The Bertz CT molecular complexity index is 1010. The third-order valence-corrected chi connectivity index (χ3v) is 5.24. The van der Waals surface area contributed by atoms with Crippen molar-refractivity contribution in [1.82, 2.24) is 9.97 Å². The molecule has 0 aliphatic heterocycles. The highest BCUT2D eigenvalue weighted by atomic mass is 32.1. The molecule has 0 amide bonds. The average molecular weight is 357 g/mol. The van der Waals surface area contributed by atoms with Crippen molar-refractivity contribution >= 4 is 33.2 Å². The van der Waals surface area contributed by atoms with Crippen molar-refractivity contribution in [1.29, 1.82) is 0 Å². The summed E-state index contributed by atoms with van der Waals surface area (Å²) in [6.07, 6.45) is -0.669. The van der Waals surface area contributed by atoms with Gasteiger partial charge in [-0.3, -0.25) is 4.79 Å². The fourth-order valence-electron chi connectivity index (χ4n) is 2.62. The maximum absolute atomic E-state index is 12.4. The first-order chi connectivity index (χ1) is 11.9. The minimum Gasteiger partial charge on any atom is -0.451 e. The lowest BCUT2D eigenvalue weighted by molar-refractivity contribution is 0.0321. The monoisotopic (exact) mass is 357 g/mol. The first-order valence-corrected chi connectivity index (χ1v) is 8.71. The van der Waals surface area contributed by atoms with Gasteiger partial charge in [0, 0.05) is 17.6 Å². The predicted molar refractivity (Wildman–Crippen MR) is 99.5 cm³/mol. The number of nitrogens with zero attached hydrogens (tertiary/aromatic N) is 1. The molecule has 0 spiro atoms. The van der Waals surface area contributed by atoms with Crippen molar-refractivity contribution in [2.45, 2.75) is 26.9 Å². The maximum Gasteiger partial charge on any atom is 0.340 e. The van der Waals surface area contributed by atoms with Crippen LogP contribution < -0.4 is 10.9 Å². The van der Waals surface area contributed by atoms with Crippen LogP contribution in [-0.2, 0) is 4.74 Å². The molecule has 1 aromatic carbocycles. The lowest BCUT2D eigenvalue weighted by Gasteiger charge is -2.14. The maximum atomic E-state index is 12.4. The molecule has 25 heavy (non-hydrogen) atoms. The van der Waals surface area contributed by atoms with Crippen molar-refractivity contribution in [2.24, 2.45) is 0 Å². The van der Waals surface area contributed by atoms with Crippen LogP contribution >= 0.6 is 11.3 Å². The minimum atomic E-state index is -0.669. The summed E-state index contributed by atoms with van der Waals surface area (Å²) in [5.74, 6) is -0.132. The van der Waals surface area contributed by atoms with E-state index < -0.39 is 12.1 Å². The standard InChI is InChI=1S/C18H19N3O3S/c1-9-11(3)25-17-14(9)16(22)20-15(21-17)10(2)24-18(23)12-7-5-6-8-13(12)19-4/h5-8,10,19H,1-4H3,(H,20,21,22)/t10-/m0/s1. The number of rotatable bonds is 4. The highest BCUT2D eigenvalue weighted by Gasteiger charge is 2.20. The number of benzene rings is 1. The summed E-state index contributed by atoms with van der Waals surface area (Å²) in [6.45, 7) is 5.55. The van der Waals surface area contributed by atoms with Gasteiger partial charge in [0.25, 0.3) is 5.56 Å². The van der Waals surface area contributed by atoms with Gasteiger partial charge in [0.15, 0.2) is 11.9 Å². The Labute approximate surface area is 148 Å². The van der Waals surface area contributed by atoms with Crippen molar-refractivity contribution < 1.29 is 9.53 Å². The summed E-state index contributed by atoms with van der Waals surface area (Å²) in [5.41, 5.74) is 1.84. The number of aromatic amines is 1. The number of nitrogens with one attached hydrogen (secondary N) is 2. The van der Waals surface area contributed by atoms with E-state index in [0.29, 0.717) is 27.3 Å². The zero-order valence-corrected chi connectivity index (χ0v) is 15.3. The van der Waals surface area contributed by atoms with Gasteiger partial charge in [0.1, 0.15) is 4.83 Å². The summed E-state index contributed by atoms with van der Waals surface area (Å²) >= 11 is 1.46. The third kappa shape index (κ3) is 3.15. The summed E-state index contributed by atoms with van der Waals surface area (Å²) in [7, 11) is 1.74. The van der Waals surface area contributed by atoms with Crippen molar-refractivity contribution in [3.63, 3.8) is 0 Å². The molecule has 0 aliphatic rings. The SMILES string of the molecule is CNc1ccccc1C(=O)O[C@@H](C)c1nc2sc(C)c(C)c2c(=O)[nH]1. The normalized spacial score (nSPS) is 12.2. The molecule has 0 aliphatic carbocycles. The number of carbonyl (C=O) groups is 1. The number of hydrogen-bond acceptors (Lipinski definition) is 6. The van der Waals surface area contributed by atoms with Gasteiger partial charge in [-0.25, -0.2) is 9.78 Å². The summed E-state index contributed by atoms with van der Waals surface area (Å²) in [5, 5.41) is 3.56. The van der Waals surface area contributed by atoms with Crippen LogP contribution in [0.25, 0.3) is 10.2 Å². The number of fused-ring (bicyclic) bond motifs is 1. The van der Waals surface area contributed by atoms with E-state index in [1.807, 2.05) is 19.9 Å². The Morgan fingerprint density at radius 2 is 2.04 bits per heavy atom. The third-order valence-electron chi connectivity index (χ3n) is 4.14. The molecule has 7 heteroatoms. The molecular weight excluding hydrogens is 338 g/mol. The van der Waals surface area contributed by atoms with E-state index in [-0.39, 0.29) is 5.56 Å². The van der Waals surface area contributed by atoms with Crippen LogP contribution in [0.1, 0.15) is 39.7 Å². The number of esters is 1. The predicted octanol–water partition coefficient (Wildman–Crippen LogP) is 3.56. The zero-order chi connectivity index (χ0) is 18.1. The van der Waals surface area contributed by atoms with Crippen molar-refractivity contribution in [2.75, 3.05) is 12.4 Å². The van der Waals surface area contributed by atoms with Crippen molar-refractivity contribution in [3.05, 3.63) is 56.4 Å². The van der Waals surface area contributed by atoms with Crippen LogP contribution in [0.4, 0.5) is 5.69 Å². The number of carbonyl (C=O) groups excluding carboxylic acids is 1. The van der Waals surface area contributed by atoms with E-state index in [9.17, 15) is 9.59 Å². The smallest absolute Gasteiger partial charge is 0.340 e. The van der Waals surface area contributed by atoms with E-state index in [1.165, 1.54) is 11.3 Å². The first-order valence-electron chi connectivity index (χ1n) is 7.90. The lowest BCUT2D eigenvalue weighted by atomic mass is 10.2. The highest BCUT2D eigenvalue weighted by Crippen LogP contribution is 2.27. The molecule has 2 heterocycles. The number of aromatic nitrogens is 2. The fraction of sp³-hybridized carbons (Fsp3) is 0.278. The number of thiophene rings is 1. The van der Waals surface area contributed by atoms with Crippen LogP contribution in [0, 0.1) is 13.8 Å². The summed E-state index contributed by atoms with van der Waals surface area (Å²) < 4.78 is 5.50. The first kappa shape index (κ1) is 17.2. The molecule has 2 aromatic heterocycles. The quantitative estimate of drug-likeness (QED) is 0.698. The Morgan fingerprint density at radius 3 is 2.76 bits per heavy atom. The van der Waals surface area contributed by atoms with E-state index in [1.54, 1.807) is 32.2 Å². The fourth-order valence-corrected chi connectivity index (χ4v) is 3.66. The second-order valence-electron chi connectivity index (χ2n) is 5.76. The Morgan fingerprint density at radius 1 is 1.32 bits per heavy atom. The number of ether oxygens (including phenoxy) is 1. The van der Waals surface area contributed by atoms with Gasteiger partial charge in [0.05, 0.1) is 10.9 Å². The number of hydrogen-bond donors (Lipinski definition) is 2. The molecule has 6 nitrogen and oxygen atoms in total. The van der Waals surface area contributed by atoms with E-state index in [2.05, 4.69) is 15.3 Å². The average Bonchev–Trinajstić information content (AvgIpc) is 2.89. The molecular formula is C18H19N3O3S. The molecule has 0 saturated carbocycles. The van der Waals surface area contributed by atoms with Crippen molar-refractivity contribution in [3.8, 4) is 0 Å². The van der Waals surface area contributed by atoms with Gasteiger partial charge in [-0.05, 0) is 38.5 Å². The largest absolute Gasteiger partial charge is 0.451 e. The van der Waals surface area contributed by atoms with Gasteiger partial charge in [0.2, 0.25) is 0 Å². The summed E-state index contributed by atoms with van der Waals surface area (Å²) in [4.78, 5) is 33.7. The molecule has 0 radical (unpaired) electrons. The van der Waals surface area contributed by atoms with Crippen LogP contribution in [0.5, 0.6) is 0 Å². The van der Waals surface area contributed by atoms with Gasteiger partial charge in [-0.15, -0.1) is 11.3 Å². The second kappa shape index (κ2) is 6.68. The van der Waals surface area contributed by atoms with Gasteiger partial charge in [-0.1, -0.05) is 12.1 Å². The lowest BCUT2D eigenvalue weighted by Crippen LogP contribution is -2.17. The van der Waals surface area contributed by atoms with Crippen LogP contribution in [-0.4, -0.2) is 23.0 Å². The van der Waals surface area contributed by atoms with Crippen LogP contribution in [0.3, 0.4) is 0 Å². The van der Waals surface area contributed by atoms with Gasteiger partial charge < -0.3 is 15.0 Å². The molecule has 0 fully saturated rings. The molecule has 0 saturated heterocycles. The number of para-hydroxylation sites is 1. The Hall–Kier alpha value is -2.67. The Balaban J connectivity index is 1.91. The van der Waals surface area contributed by atoms with Gasteiger partial charge >= 0.3 is 5.97 Å². The molecule has 0 unspecified atom stereocenters. The number of aryl methyl sites for hydroxylation is 2. The molecule has 1 atom stereocenters. The molecule has 130 valence electrons. The number of anilines is 1. The highest BCUT2D eigenvalue weighted by molar-refractivity contribution is 7.18. The molecule has 0 bridgehead atoms. The molecule has 2 N–H and O–H groups in total. The second-order valence-corrected chi connectivity index (χ2v) is 6.96. The Kier molecular flexibility index (Phi) is 4.59. The van der Waals surface area contributed by atoms with Crippen LogP contribution in [0.2, 0.25) is 0 Å². The van der Waals surface area contributed by atoms with E-state index in [4.69, 9.17) is 4.74 Å². The number of H-pyrrole nitrogens is 1. The summed E-state index contributed by atoms with van der Waals surface area (Å²) in [6, 6.07) is 7.09. The van der Waals surface area contributed by atoms with Crippen LogP contribution in [0.15, 0.2) is 29.1 Å². The molecule has 3 rings (SSSR count). The van der Waals surface area contributed by atoms with E-state index in [0.717, 1.165) is 10.4 Å². The van der Waals surface area contributed by atoms with E-state index >= 15 is 0 Å². The zero-order valence-electron chi connectivity index (χ0n) is 14.5. The minimum absolute atomic E-state index is 0.208. The molecule has 3 aromatic rings.